The number of ether oxygens (including phenoxy) is 1. The molecule has 0 saturated carbocycles. The van der Waals surface area contributed by atoms with Crippen LogP contribution in [-0.4, -0.2) is 21.7 Å². The van der Waals surface area contributed by atoms with Crippen LogP contribution in [-0.2, 0) is 29.8 Å². The molecule has 1 atom stereocenters. The molecule has 0 aliphatic carbocycles. The lowest BCUT2D eigenvalue weighted by Gasteiger charge is -2.30. The number of aromatic nitrogens is 2. The summed E-state index contributed by atoms with van der Waals surface area (Å²) in [5, 5.41) is 2.90. The minimum Gasteiger partial charge on any atom is -0.458 e. The van der Waals surface area contributed by atoms with Gasteiger partial charge in [-0.15, -0.1) is 0 Å². The maximum Gasteiger partial charge on any atom is 0.416 e. The summed E-state index contributed by atoms with van der Waals surface area (Å²) in [6.07, 6.45) is -3.17. The van der Waals surface area contributed by atoms with Gasteiger partial charge in [-0.05, 0) is 24.6 Å². The summed E-state index contributed by atoms with van der Waals surface area (Å²) in [7, 11) is 2.74. The highest BCUT2D eigenvalue weighted by Crippen LogP contribution is 2.40. The van der Waals surface area contributed by atoms with E-state index in [1.165, 1.54) is 36.9 Å². The van der Waals surface area contributed by atoms with Crippen molar-refractivity contribution in [1.82, 2.24) is 9.13 Å². The second-order valence-electron chi connectivity index (χ2n) is 7.07. The van der Waals surface area contributed by atoms with E-state index in [0.717, 1.165) is 16.7 Å². The Balaban J connectivity index is 2.30. The normalized spacial score (nSPS) is 15.9. The number of carbonyl (C=O) groups excluding carboxylic acids is 1. The Hall–Kier alpha value is -3.56. The molecule has 31 heavy (non-hydrogen) atoms. The summed E-state index contributed by atoms with van der Waals surface area (Å²) in [6, 6.07) is 4.18. The van der Waals surface area contributed by atoms with Gasteiger partial charge in [0.2, 0.25) is 0 Å². The number of allylic oxidation sites excluding steroid dienone is 1. The smallest absolute Gasteiger partial charge is 0.416 e. The van der Waals surface area contributed by atoms with E-state index in [2.05, 4.69) is 11.9 Å². The minimum atomic E-state index is -4.54. The van der Waals surface area contributed by atoms with Crippen molar-refractivity contribution in [1.29, 1.82) is 0 Å². The van der Waals surface area contributed by atoms with Crippen LogP contribution in [0.25, 0.3) is 0 Å². The molecule has 1 unspecified atom stereocenters. The Bertz CT molecular complexity index is 1200. The Kier molecular flexibility index (Phi) is 5.66. The van der Waals surface area contributed by atoms with Crippen LogP contribution in [0.1, 0.15) is 29.5 Å². The molecule has 2 aromatic rings. The molecule has 1 aromatic heterocycles. The lowest BCUT2D eigenvalue weighted by Crippen LogP contribution is -2.43. The number of fused-ring (bicyclic) bond motifs is 1. The highest BCUT2D eigenvalue weighted by Gasteiger charge is 2.38. The zero-order chi connectivity index (χ0) is 23.1. The van der Waals surface area contributed by atoms with Crippen LogP contribution >= 0.6 is 0 Å². The number of hydrogen-bond donors (Lipinski definition) is 1. The fourth-order valence-electron chi connectivity index (χ4n) is 3.57. The SMILES string of the molecule is C=CCOC(=O)C1=C(C)Nc2c(c(=O)n(C)c(=O)n2C)C1c1ccc(C(F)(F)F)cc1. The number of rotatable bonds is 4. The number of benzene rings is 1. The van der Waals surface area contributed by atoms with Gasteiger partial charge in [-0.25, -0.2) is 9.59 Å². The summed E-state index contributed by atoms with van der Waals surface area (Å²) in [5.74, 6) is -1.63. The third-order valence-electron chi connectivity index (χ3n) is 5.11. The van der Waals surface area contributed by atoms with Crippen LogP contribution in [0.5, 0.6) is 0 Å². The van der Waals surface area contributed by atoms with Gasteiger partial charge in [0.1, 0.15) is 12.4 Å². The fraction of sp³-hybridized carbons (Fsp3) is 0.286. The van der Waals surface area contributed by atoms with Crippen LogP contribution in [0.4, 0.5) is 19.0 Å². The zero-order valence-corrected chi connectivity index (χ0v) is 17.0. The number of carbonyl (C=O) groups is 1. The molecule has 1 aromatic carbocycles. The molecule has 3 rings (SSSR count). The van der Waals surface area contributed by atoms with Gasteiger partial charge in [0.25, 0.3) is 5.56 Å². The first-order chi connectivity index (χ1) is 14.5. The average molecular weight is 435 g/mol. The van der Waals surface area contributed by atoms with Crippen LogP contribution in [0.15, 0.2) is 57.8 Å². The van der Waals surface area contributed by atoms with Crippen molar-refractivity contribution >= 4 is 11.8 Å². The number of alkyl halides is 3. The Morgan fingerprint density at radius 1 is 1.19 bits per heavy atom. The first kappa shape index (κ1) is 22.1. The van der Waals surface area contributed by atoms with E-state index < -0.39 is 34.9 Å². The van der Waals surface area contributed by atoms with Crippen LogP contribution in [0.3, 0.4) is 0 Å². The van der Waals surface area contributed by atoms with Gasteiger partial charge in [-0.1, -0.05) is 24.8 Å². The van der Waals surface area contributed by atoms with Gasteiger partial charge < -0.3 is 10.1 Å². The Morgan fingerprint density at radius 3 is 2.35 bits per heavy atom. The van der Waals surface area contributed by atoms with Crippen molar-refractivity contribution in [2.45, 2.75) is 19.0 Å². The Labute approximate surface area is 175 Å². The first-order valence-electron chi connectivity index (χ1n) is 9.21. The van der Waals surface area contributed by atoms with Crippen LogP contribution in [0, 0.1) is 0 Å². The van der Waals surface area contributed by atoms with Crippen LogP contribution < -0.4 is 16.6 Å². The second kappa shape index (κ2) is 7.93. The van der Waals surface area contributed by atoms with Gasteiger partial charge in [-0.3, -0.25) is 13.9 Å². The molecule has 0 amide bonds. The maximum atomic E-state index is 13.0. The molecule has 7 nitrogen and oxygen atoms in total. The number of nitrogens with one attached hydrogen (secondary N) is 1. The van der Waals surface area contributed by atoms with E-state index in [1.807, 2.05) is 0 Å². The largest absolute Gasteiger partial charge is 0.458 e. The lowest BCUT2D eigenvalue weighted by atomic mass is 9.82. The molecule has 0 bridgehead atoms. The monoisotopic (exact) mass is 435 g/mol. The van der Waals surface area contributed by atoms with Crippen molar-refractivity contribution in [3.05, 3.63) is 85.7 Å². The standard InChI is InChI=1S/C21H20F3N3O4/c1-5-10-31-19(29)14-11(2)25-17-16(18(28)27(4)20(30)26(17)3)15(14)12-6-8-13(9-7-12)21(22,23)24/h5-9,15,25H,1,10H2,2-4H3. The topological polar surface area (TPSA) is 82.3 Å². The third kappa shape index (κ3) is 3.80. The summed E-state index contributed by atoms with van der Waals surface area (Å²) in [5.41, 5.74) is -1.42. The quantitative estimate of drug-likeness (QED) is 0.590. The molecule has 2 heterocycles. The van der Waals surface area contributed by atoms with Gasteiger partial charge in [0.15, 0.2) is 0 Å². The number of nitrogens with zero attached hydrogens (tertiary/aromatic N) is 2. The average Bonchev–Trinajstić information content (AvgIpc) is 2.73. The van der Waals surface area contributed by atoms with E-state index in [4.69, 9.17) is 4.74 Å². The van der Waals surface area contributed by atoms with E-state index in [9.17, 15) is 27.6 Å². The maximum absolute atomic E-state index is 13.0. The molecule has 0 spiro atoms. The highest BCUT2D eigenvalue weighted by molar-refractivity contribution is 5.94. The van der Waals surface area contributed by atoms with Gasteiger partial charge in [0.05, 0.1) is 22.6 Å². The van der Waals surface area contributed by atoms with E-state index in [-0.39, 0.29) is 29.1 Å². The van der Waals surface area contributed by atoms with Gasteiger partial charge in [-0.2, -0.15) is 13.2 Å². The van der Waals surface area contributed by atoms with Gasteiger partial charge >= 0.3 is 17.8 Å². The molecule has 1 N–H and O–H groups in total. The fourth-order valence-corrected chi connectivity index (χ4v) is 3.57. The number of esters is 1. The second-order valence-corrected chi connectivity index (χ2v) is 7.07. The minimum absolute atomic E-state index is 0.0560. The van der Waals surface area contributed by atoms with Crippen molar-refractivity contribution in [2.24, 2.45) is 14.1 Å². The molecule has 0 radical (unpaired) electrons. The number of anilines is 1. The molecule has 1 aliphatic heterocycles. The van der Waals surface area contributed by atoms with E-state index >= 15 is 0 Å². The summed E-state index contributed by atoms with van der Waals surface area (Å²) >= 11 is 0. The molecular weight excluding hydrogens is 415 g/mol. The predicted octanol–water partition coefficient (Wildman–Crippen LogP) is 2.66. The Morgan fingerprint density at radius 2 is 1.81 bits per heavy atom. The predicted molar refractivity (Wildman–Crippen MR) is 108 cm³/mol. The van der Waals surface area contributed by atoms with Crippen LogP contribution in [0.2, 0.25) is 0 Å². The van der Waals surface area contributed by atoms with Gasteiger partial charge in [0, 0.05) is 19.8 Å². The zero-order valence-electron chi connectivity index (χ0n) is 17.0. The molecule has 1 aliphatic rings. The molecule has 164 valence electrons. The molecule has 0 saturated heterocycles. The van der Waals surface area contributed by atoms with Crippen molar-refractivity contribution in [3.63, 3.8) is 0 Å². The van der Waals surface area contributed by atoms with E-state index in [1.54, 1.807) is 6.92 Å². The van der Waals surface area contributed by atoms with Crippen molar-refractivity contribution < 1.29 is 22.7 Å². The first-order valence-corrected chi connectivity index (χ1v) is 9.21. The summed E-state index contributed by atoms with van der Waals surface area (Å²) in [4.78, 5) is 38.2. The molecule has 0 fully saturated rings. The summed E-state index contributed by atoms with van der Waals surface area (Å²) in [6.45, 7) is 4.95. The third-order valence-corrected chi connectivity index (χ3v) is 5.11. The van der Waals surface area contributed by atoms with Crippen molar-refractivity contribution in [2.75, 3.05) is 11.9 Å². The summed E-state index contributed by atoms with van der Waals surface area (Å²) < 4.78 is 46.3. The molecular formula is C21H20F3N3O4. The molecule has 10 heteroatoms. The van der Waals surface area contributed by atoms with Crippen molar-refractivity contribution in [3.8, 4) is 0 Å². The number of halogens is 3. The van der Waals surface area contributed by atoms with E-state index in [0.29, 0.717) is 5.70 Å². The lowest BCUT2D eigenvalue weighted by molar-refractivity contribution is -0.138. The number of hydrogen-bond acceptors (Lipinski definition) is 5. The highest BCUT2D eigenvalue weighted by atomic mass is 19.4.